The van der Waals surface area contributed by atoms with Crippen LogP contribution in [0.25, 0.3) is 17.2 Å². The van der Waals surface area contributed by atoms with Gasteiger partial charge in [0, 0.05) is 35.8 Å². The van der Waals surface area contributed by atoms with Gasteiger partial charge in [-0.25, -0.2) is 4.79 Å². The lowest BCUT2D eigenvalue weighted by atomic mass is 10.0. The van der Waals surface area contributed by atoms with E-state index < -0.39 is 5.97 Å². The molecule has 0 spiro atoms. The molecule has 11 heteroatoms. The Morgan fingerprint density at radius 2 is 1.77 bits per heavy atom. The van der Waals surface area contributed by atoms with Gasteiger partial charge in [-0.3, -0.25) is 19.4 Å². The fraction of sp³-hybridized carbons (Fsp3) is 0.250. The topological polar surface area (TPSA) is 99.2 Å². The summed E-state index contributed by atoms with van der Waals surface area (Å²) in [5, 5.41) is 12.4. The molecule has 3 aromatic rings. The van der Waals surface area contributed by atoms with Gasteiger partial charge in [-0.2, -0.15) is 0 Å². The maximum Gasteiger partial charge on any atom is 0.335 e. The normalized spacial score (nSPS) is 16.2. The van der Waals surface area contributed by atoms with Crippen LogP contribution >= 0.6 is 35.6 Å². The Morgan fingerprint density at radius 3 is 2.49 bits per heavy atom. The average molecular weight is 636 g/mol. The van der Waals surface area contributed by atoms with E-state index in [0.29, 0.717) is 32.3 Å². The average Bonchev–Trinajstić information content (AvgIpc) is 3.60. The number of thioether (sulfide) groups is 1. The van der Waals surface area contributed by atoms with Crippen LogP contribution < -0.4 is 10.1 Å². The minimum Gasteiger partial charge on any atom is -0.492 e. The zero-order chi connectivity index (χ0) is 30.3. The summed E-state index contributed by atoms with van der Waals surface area (Å²) in [5.74, 6) is -0.963. The molecule has 0 radical (unpaired) electrons. The van der Waals surface area contributed by atoms with Gasteiger partial charge >= 0.3 is 5.97 Å². The number of halogens is 1. The first-order valence-corrected chi connectivity index (χ1v) is 15.5. The smallest absolute Gasteiger partial charge is 0.335 e. The number of anilines is 1. The second kappa shape index (κ2) is 14.2. The molecule has 43 heavy (non-hydrogen) atoms. The van der Waals surface area contributed by atoms with Gasteiger partial charge < -0.3 is 15.2 Å². The number of likely N-dealkylation sites (tertiary alicyclic amines) is 1. The van der Waals surface area contributed by atoms with Crippen molar-refractivity contribution in [3.63, 3.8) is 0 Å². The number of carbonyl (C=O) groups is 3. The summed E-state index contributed by atoms with van der Waals surface area (Å²) >= 11 is 12.9. The number of amides is 2. The third-order valence-corrected chi connectivity index (χ3v) is 8.78. The van der Waals surface area contributed by atoms with Crippen LogP contribution in [0.1, 0.15) is 35.2 Å². The molecule has 5 rings (SSSR count). The molecule has 0 aromatic heterocycles. The van der Waals surface area contributed by atoms with E-state index in [2.05, 4.69) is 10.2 Å². The lowest BCUT2D eigenvalue weighted by molar-refractivity contribution is -0.122. The highest BCUT2D eigenvalue weighted by Crippen LogP contribution is 2.36. The third-order valence-electron chi connectivity index (χ3n) is 7.17. The molecule has 8 nitrogen and oxygen atoms in total. The Hall–Kier alpha value is -3.70. The monoisotopic (exact) mass is 635 g/mol. The van der Waals surface area contributed by atoms with Crippen molar-refractivity contribution < 1.29 is 24.2 Å². The highest BCUT2D eigenvalue weighted by Gasteiger charge is 2.32. The van der Waals surface area contributed by atoms with Crippen LogP contribution in [0.5, 0.6) is 5.75 Å². The van der Waals surface area contributed by atoms with Gasteiger partial charge in [0.15, 0.2) is 0 Å². The first-order chi connectivity index (χ1) is 20.8. The molecule has 0 saturated carbocycles. The summed E-state index contributed by atoms with van der Waals surface area (Å²) in [5.41, 5.74) is 3.23. The molecule has 3 aromatic carbocycles. The maximum absolute atomic E-state index is 13.4. The molecule has 0 bridgehead atoms. The summed E-state index contributed by atoms with van der Waals surface area (Å²) in [7, 11) is 0. The van der Waals surface area contributed by atoms with Gasteiger partial charge in [-0.1, -0.05) is 53.8 Å². The summed E-state index contributed by atoms with van der Waals surface area (Å²) < 4.78 is 6.58. The molecule has 2 fully saturated rings. The minimum atomic E-state index is -1.04. The van der Waals surface area contributed by atoms with Crippen LogP contribution in [0, 0.1) is 0 Å². The van der Waals surface area contributed by atoms with E-state index in [4.69, 9.17) is 33.7 Å². The zero-order valence-electron chi connectivity index (χ0n) is 23.3. The number of nitrogens with one attached hydrogen (secondary N) is 1. The Labute approximate surface area is 264 Å². The van der Waals surface area contributed by atoms with Gasteiger partial charge in [0.1, 0.15) is 16.7 Å². The van der Waals surface area contributed by atoms with Gasteiger partial charge in [-0.15, -0.1) is 0 Å². The fourth-order valence-corrected chi connectivity index (χ4v) is 6.39. The number of rotatable bonds is 11. The number of ether oxygens (including phenoxy) is 1. The third kappa shape index (κ3) is 8.03. The van der Waals surface area contributed by atoms with Crippen LogP contribution in [0.3, 0.4) is 0 Å². The number of thiocarbonyl (C=S) groups is 1. The Morgan fingerprint density at radius 1 is 1.02 bits per heavy atom. The Kier molecular flexibility index (Phi) is 10.1. The number of carbonyl (C=O) groups excluding carboxylic acids is 2. The molecule has 222 valence electrons. The van der Waals surface area contributed by atoms with Crippen molar-refractivity contribution in [1.82, 2.24) is 9.80 Å². The van der Waals surface area contributed by atoms with Crippen LogP contribution in [0.2, 0.25) is 5.02 Å². The van der Waals surface area contributed by atoms with E-state index in [-0.39, 0.29) is 30.3 Å². The molecule has 0 atom stereocenters. The van der Waals surface area contributed by atoms with E-state index >= 15 is 0 Å². The molecule has 0 unspecified atom stereocenters. The lowest BCUT2D eigenvalue weighted by Gasteiger charge is -2.17. The molecule has 2 aliphatic rings. The van der Waals surface area contributed by atoms with Gasteiger partial charge in [-0.05, 0) is 91.7 Å². The Balaban J connectivity index is 1.29. The number of carboxylic acids is 1. The highest BCUT2D eigenvalue weighted by molar-refractivity contribution is 8.26. The van der Waals surface area contributed by atoms with Gasteiger partial charge in [0.25, 0.3) is 5.91 Å². The number of benzene rings is 3. The van der Waals surface area contributed by atoms with Crippen molar-refractivity contribution in [2.75, 3.05) is 38.1 Å². The van der Waals surface area contributed by atoms with Crippen molar-refractivity contribution in [1.29, 1.82) is 0 Å². The van der Waals surface area contributed by atoms with Crippen molar-refractivity contribution in [2.24, 2.45) is 0 Å². The molecule has 0 aliphatic carbocycles. The highest BCUT2D eigenvalue weighted by atomic mass is 35.5. The predicted octanol–water partition coefficient (Wildman–Crippen LogP) is 6.41. The van der Waals surface area contributed by atoms with E-state index in [9.17, 15) is 14.4 Å². The largest absolute Gasteiger partial charge is 0.492 e. The number of hydrogen-bond acceptors (Lipinski definition) is 7. The SMILES string of the molecule is O=C(CCN1C(=O)/C(=C/c2cc(-c3cccc(Cl)c3)ccc2OCCN2CCCC2)SC1=S)Nc1ccc(C(=O)O)cc1. The Bertz CT molecular complexity index is 1570. The van der Waals surface area contributed by atoms with Crippen LogP contribution in [-0.4, -0.2) is 69.8 Å². The molecular weight excluding hydrogens is 606 g/mol. The van der Waals surface area contributed by atoms with E-state index in [1.54, 1.807) is 6.08 Å². The first kappa shape index (κ1) is 30.7. The van der Waals surface area contributed by atoms with E-state index in [1.165, 1.54) is 53.8 Å². The number of nitrogens with zero attached hydrogens (tertiary/aromatic N) is 2. The molecule has 2 N–H and O–H groups in total. The van der Waals surface area contributed by atoms with Crippen LogP contribution in [0.15, 0.2) is 71.6 Å². The van der Waals surface area contributed by atoms with Gasteiger partial charge in [0.2, 0.25) is 5.91 Å². The van der Waals surface area contributed by atoms with E-state index in [1.807, 2.05) is 42.5 Å². The van der Waals surface area contributed by atoms with Gasteiger partial charge in [0.05, 0.1) is 10.5 Å². The first-order valence-electron chi connectivity index (χ1n) is 13.9. The number of hydrogen-bond donors (Lipinski definition) is 2. The summed E-state index contributed by atoms with van der Waals surface area (Å²) in [6, 6.07) is 19.3. The molecule has 2 heterocycles. The predicted molar refractivity (Wildman–Crippen MR) is 175 cm³/mol. The number of aromatic carboxylic acids is 1. The molecular formula is C32H30ClN3O5S2. The van der Waals surface area contributed by atoms with Crippen LogP contribution in [-0.2, 0) is 9.59 Å². The standard InChI is InChI=1S/C32H30ClN3O5S2/c33-25-5-3-4-22(19-25)23-8-11-27(41-17-16-35-13-1-2-14-35)24(18-23)20-28-30(38)36(32(42)43-28)15-12-29(37)34-26-9-6-21(7-10-26)31(39)40/h3-11,18-20H,1-2,12-17H2,(H,34,37)(H,39,40)/b28-20-. The lowest BCUT2D eigenvalue weighted by Crippen LogP contribution is -2.31. The number of carboxylic acid groups (broad SMARTS) is 1. The second-order valence-electron chi connectivity index (χ2n) is 10.2. The zero-order valence-corrected chi connectivity index (χ0v) is 25.6. The fourth-order valence-electron chi connectivity index (χ4n) is 4.90. The maximum atomic E-state index is 13.4. The van der Waals surface area contributed by atoms with Crippen molar-refractivity contribution >= 4 is 69.4 Å². The molecule has 2 amide bonds. The van der Waals surface area contributed by atoms with Crippen LogP contribution in [0.4, 0.5) is 5.69 Å². The summed E-state index contributed by atoms with van der Waals surface area (Å²) in [6.45, 7) is 3.65. The summed E-state index contributed by atoms with van der Waals surface area (Å²) in [4.78, 5) is 41.2. The van der Waals surface area contributed by atoms with Crippen molar-refractivity contribution in [3.05, 3.63) is 87.8 Å². The minimum absolute atomic E-state index is 0.0233. The summed E-state index contributed by atoms with van der Waals surface area (Å²) in [6.07, 6.45) is 4.24. The van der Waals surface area contributed by atoms with E-state index in [0.717, 1.165) is 36.3 Å². The van der Waals surface area contributed by atoms with Crippen molar-refractivity contribution in [3.8, 4) is 16.9 Å². The molecule has 2 saturated heterocycles. The quantitative estimate of drug-likeness (QED) is 0.184. The molecule has 2 aliphatic heterocycles. The second-order valence-corrected chi connectivity index (χ2v) is 12.3. The van der Waals surface area contributed by atoms with Crippen molar-refractivity contribution in [2.45, 2.75) is 19.3 Å².